The number of pyridine rings is 1. The van der Waals surface area contributed by atoms with Crippen molar-refractivity contribution in [1.29, 1.82) is 0 Å². The lowest BCUT2D eigenvalue weighted by Crippen LogP contribution is -2.11. The minimum Gasteiger partial charge on any atom is -0.353 e. The molecule has 2 aromatic heterocycles. The Bertz CT molecular complexity index is 533. The summed E-state index contributed by atoms with van der Waals surface area (Å²) in [5, 5.41) is 6.95. The van der Waals surface area contributed by atoms with Gasteiger partial charge in [0.25, 0.3) is 0 Å². The standard InChI is InChI=1S/C11H13F3N4/c1-8-4-2-5-9-16-10(17-18(8)9)15-7-3-6-11(12,13)14/h2,4-5H,3,6-7H2,1H3,(H,15,17). The van der Waals surface area contributed by atoms with E-state index in [0.29, 0.717) is 11.6 Å². The molecule has 0 aliphatic rings. The molecular weight excluding hydrogens is 245 g/mol. The van der Waals surface area contributed by atoms with Gasteiger partial charge in [-0.2, -0.15) is 18.2 Å². The summed E-state index contributed by atoms with van der Waals surface area (Å²) in [6, 6.07) is 5.53. The molecule has 0 bridgehead atoms. The van der Waals surface area contributed by atoms with E-state index in [1.807, 2.05) is 19.1 Å². The number of hydrogen-bond donors (Lipinski definition) is 1. The number of nitrogens with zero attached hydrogens (tertiary/aromatic N) is 3. The quantitative estimate of drug-likeness (QED) is 0.857. The molecule has 2 heterocycles. The highest BCUT2D eigenvalue weighted by molar-refractivity contribution is 5.44. The summed E-state index contributed by atoms with van der Waals surface area (Å²) in [6.45, 7) is 2.09. The van der Waals surface area contributed by atoms with E-state index < -0.39 is 12.6 Å². The van der Waals surface area contributed by atoms with Gasteiger partial charge in [-0.25, -0.2) is 4.52 Å². The summed E-state index contributed by atoms with van der Waals surface area (Å²) in [4.78, 5) is 4.17. The van der Waals surface area contributed by atoms with Crippen LogP contribution in [0.15, 0.2) is 18.2 Å². The lowest BCUT2D eigenvalue weighted by molar-refractivity contribution is -0.134. The predicted octanol–water partition coefficient (Wildman–Crippen LogP) is 2.79. The van der Waals surface area contributed by atoms with Crippen molar-refractivity contribution >= 4 is 11.6 Å². The van der Waals surface area contributed by atoms with Crippen LogP contribution in [0.5, 0.6) is 0 Å². The summed E-state index contributed by atoms with van der Waals surface area (Å²) in [7, 11) is 0. The van der Waals surface area contributed by atoms with Gasteiger partial charge in [0, 0.05) is 18.7 Å². The Morgan fingerprint density at radius 1 is 1.33 bits per heavy atom. The molecule has 4 nitrogen and oxygen atoms in total. The monoisotopic (exact) mass is 258 g/mol. The number of nitrogens with one attached hydrogen (secondary N) is 1. The second kappa shape index (κ2) is 4.83. The Hall–Kier alpha value is -1.79. The van der Waals surface area contributed by atoms with E-state index in [-0.39, 0.29) is 13.0 Å². The molecule has 0 aliphatic heterocycles. The van der Waals surface area contributed by atoms with E-state index in [1.165, 1.54) is 0 Å². The Kier molecular flexibility index (Phi) is 3.40. The molecule has 0 saturated heterocycles. The molecule has 0 aliphatic carbocycles. The molecule has 0 aromatic carbocycles. The Labute approximate surface area is 102 Å². The minimum absolute atomic E-state index is 0.0119. The van der Waals surface area contributed by atoms with Crippen LogP contribution in [0.1, 0.15) is 18.5 Å². The number of hydrogen-bond acceptors (Lipinski definition) is 3. The topological polar surface area (TPSA) is 42.2 Å². The van der Waals surface area contributed by atoms with Crippen molar-refractivity contribution in [3.05, 3.63) is 23.9 Å². The van der Waals surface area contributed by atoms with Gasteiger partial charge in [-0.3, -0.25) is 0 Å². The van der Waals surface area contributed by atoms with Crippen LogP contribution in [0, 0.1) is 6.92 Å². The lowest BCUT2D eigenvalue weighted by Gasteiger charge is -2.05. The van der Waals surface area contributed by atoms with Crippen LogP contribution in [0.4, 0.5) is 19.1 Å². The summed E-state index contributed by atoms with van der Waals surface area (Å²) >= 11 is 0. The van der Waals surface area contributed by atoms with E-state index in [2.05, 4.69) is 15.4 Å². The van der Waals surface area contributed by atoms with Gasteiger partial charge in [0.05, 0.1) is 0 Å². The van der Waals surface area contributed by atoms with Gasteiger partial charge in [-0.15, -0.1) is 5.10 Å². The third kappa shape index (κ3) is 3.12. The maximum Gasteiger partial charge on any atom is 0.389 e. The van der Waals surface area contributed by atoms with Crippen molar-refractivity contribution in [2.24, 2.45) is 0 Å². The van der Waals surface area contributed by atoms with Gasteiger partial charge in [0.15, 0.2) is 5.65 Å². The summed E-state index contributed by atoms with van der Waals surface area (Å²) in [5.74, 6) is 0.353. The normalized spacial score (nSPS) is 12.0. The number of aryl methyl sites for hydroxylation is 1. The van der Waals surface area contributed by atoms with Crippen molar-refractivity contribution in [1.82, 2.24) is 14.6 Å². The smallest absolute Gasteiger partial charge is 0.353 e. The van der Waals surface area contributed by atoms with E-state index in [4.69, 9.17) is 0 Å². The zero-order valence-corrected chi connectivity index (χ0v) is 9.83. The molecule has 98 valence electrons. The number of alkyl halides is 3. The summed E-state index contributed by atoms with van der Waals surface area (Å²) in [6.07, 6.45) is -4.89. The van der Waals surface area contributed by atoms with Gasteiger partial charge in [-0.1, -0.05) is 6.07 Å². The molecule has 0 unspecified atom stereocenters. The summed E-state index contributed by atoms with van der Waals surface area (Å²) < 4.78 is 37.5. The largest absolute Gasteiger partial charge is 0.389 e. The molecule has 0 atom stereocenters. The summed E-state index contributed by atoms with van der Waals surface area (Å²) in [5.41, 5.74) is 1.59. The molecule has 0 saturated carbocycles. The van der Waals surface area contributed by atoms with Gasteiger partial charge in [-0.05, 0) is 25.5 Å². The van der Waals surface area contributed by atoms with E-state index >= 15 is 0 Å². The molecular formula is C11H13F3N4. The van der Waals surface area contributed by atoms with Gasteiger partial charge in [0.2, 0.25) is 5.95 Å². The van der Waals surface area contributed by atoms with Crippen LogP contribution in [0.3, 0.4) is 0 Å². The third-order valence-corrected chi connectivity index (χ3v) is 2.47. The van der Waals surface area contributed by atoms with Crippen molar-refractivity contribution in [3.8, 4) is 0 Å². The highest BCUT2D eigenvalue weighted by Crippen LogP contribution is 2.21. The van der Waals surface area contributed by atoms with Crippen LogP contribution in [-0.2, 0) is 0 Å². The second-order valence-electron chi connectivity index (χ2n) is 4.02. The van der Waals surface area contributed by atoms with Gasteiger partial charge < -0.3 is 5.32 Å². The van der Waals surface area contributed by atoms with Crippen LogP contribution in [0.25, 0.3) is 5.65 Å². The van der Waals surface area contributed by atoms with Crippen LogP contribution in [-0.4, -0.2) is 27.3 Å². The first-order chi connectivity index (χ1) is 8.46. The molecule has 18 heavy (non-hydrogen) atoms. The van der Waals surface area contributed by atoms with Crippen molar-refractivity contribution in [2.75, 3.05) is 11.9 Å². The number of aromatic nitrogens is 3. The fraction of sp³-hybridized carbons (Fsp3) is 0.455. The average molecular weight is 258 g/mol. The van der Waals surface area contributed by atoms with Gasteiger partial charge >= 0.3 is 6.18 Å². The zero-order chi connectivity index (χ0) is 13.2. The van der Waals surface area contributed by atoms with E-state index in [0.717, 1.165) is 5.69 Å². The number of rotatable bonds is 4. The Balaban J connectivity index is 1.94. The van der Waals surface area contributed by atoms with Crippen molar-refractivity contribution in [2.45, 2.75) is 25.9 Å². The highest BCUT2D eigenvalue weighted by Gasteiger charge is 2.25. The van der Waals surface area contributed by atoms with Crippen LogP contribution in [0.2, 0.25) is 0 Å². The molecule has 1 N–H and O–H groups in total. The predicted molar refractivity (Wildman–Crippen MR) is 61.5 cm³/mol. The van der Waals surface area contributed by atoms with E-state index in [9.17, 15) is 13.2 Å². The fourth-order valence-corrected chi connectivity index (χ4v) is 1.60. The maximum absolute atomic E-state index is 11.9. The second-order valence-corrected chi connectivity index (χ2v) is 4.02. The first-order valence-corrected chi connectivity index (χ1v) is 5.59. The average Bonchev–Trinajstić information content (AvgIpc) is 2.68. The van der Waals surface area contributed by atoms with Crippen molar-refractivity contribution in [3.63, 3.8) is 0 Å². The van der Waals surface area contributed by atoms with Crippen molar-refractivity contribution < 1.29 is 13.2 Å². The van der Waals surface area contributed by atoms with Gasteiger partial charge in [0.1, 0.15) is 0 Å². The highest BCUT2D eigenvalue weighted by atomic mass is 19.4. The molecule has 0 spiro atoms. The zero-order valence-electron chi connectivity index (χ0n) is 9.83. The SMILES string of the molecule is Cc1cccc2nc(NCCCC(F)(F)F)nn12. The van der Waals surface area contributed by atoms with Crippen LogP contribution < -0.4 is 5.32 Å². The number of halogens is 3. The molecule has 2 rings (SSSR count). The fourth-order valence-electron chi connectivity index (χ4n) is 1.60. The number of anilines is 1. The minimum atomic E-state index is -4.11. The molecule has 7 heteroatoms. The molecule has 0 fully saturated rings. The van der Waals surface area contributed by atoms with E-state index in [1.54, 1.807) is 10.6 Å². The Morgan fingerprint density at radius 3 is 2.78 bits per heavy atom. The van der Waals surface area contributed by atoms with Crippen LogP contribution >= 0.6 is 0 Å². The number of fused-ring (bicyclic) bond motifs is 1. The lowest BCUT2D eigenvalue weighted by atomic mass is 10.3. The molecule has 0 radical (unpaired) electrons. The first-order valence-electron chi connectivity index (χ1n) is 5.59. The Morgan fingerprint density at radius 2 is 2.11 bits per heavy atom. The first kappa shape index (κ1) is 12.7. The maximum atomic E-state index is 11.9. The third-order valence-electron chi connectivity index (χ3n) is 2.47. The molecule has 0 amide bonds. The molecule has 2 aromatic rings.